The van der Waals surface area contributed by atoms with Gasteiger partial charge in [0.25, 0.3) is 5.91 Å². The second-order valence-corrected chi connectivity index (χ2v) is 6.76. The molecule has 6 heteroatoms. The first-order valence-corrected chi connectivity index (χ1v) is 8.92. The number of urea groups is 1. The van der Waals surface area contributed by atoms with Gasteiger partial charge < -0.3 is 14.8 Å². The number of hydrogen-bond donors (Lipinski definition) is 1. The van der Waals surface area contributed by atoms with E-state index in [-0.39, 0.29) is 11.9 Å². The second kappa shape index (κ2) is 7.70. The molecule has 0 radical (unpaired) electrons. The zero-order valence-corrected chi connectivity index (χ0v) is 15.8. The highest BCUT2D eigenvalue weighted by molar-refractivity contribution is 6.07. The molecule has 1 saturated heterocycles. The molecule has 1 aliphatic heterocycles. The SMILES string of the molecule is COc1ccc(OCCCN2C(=O)N[C@@](C)(c3ccc(C)cc3)C2=O)cc1. The maximum atomic E-state index is 12.8. The molecule has 1 fully saturated rings. The van der Waals surface area contributed by atoms with Crippen molar-refractivity contribution in [2.75, 3.05) is 20.3 Å². The van der Waals surface area contributed by atoms with Crippen molar-refractivity contribution in [3.63, 3.8) is 0 Å². The summed E-state index contributed by atoms with van der Waals surface area (Å²) < 4.78 is 10.8. The fourth-order valence-corrected chi connectivity index (χ4v) is 3.07. The first kappa shape index (κ1) is 18.8. The van der Waals surface area contributed by atoms with Crippen molar-refractivity contribution >= 4 is 11.9 Å². The lowest BCUT2D eigenvalue weighted by molar-refractivity contribution is -0.131. The van der Waals surface area contributed by atoms with E-state index in [1.807, 2.05) is 55.5 Å². The molecule has 1 heterocycles. The Morgan fingerprint density at radius 1 is 1.00 bits per heavy atom. The predicted molar refractivity (Wildman–Crippen MR) is 102 cm³/mol. The van der Waals surface area contributed by atoms with Crippen LogP contribution in [0, 0.1) is 6.92 Å². The average Bonchev–Trinajstić information content (AvgIpc) is 2.89. The molecule has 2 aromatic carbocycles. The van der Waals surface area contributed by atoms with Gasteiger partial charge in [-0.15, -0.1) is 0 Å². The van der Waals surface area contributed by atoms with Crippen molar-refractivity contribution in [1.29, 1.82) is 0 Å². The first-order valence-electron chi connectivity index (χ1n) is 8.92. The van der Waals surface area contributed by atoms with E-state index in [2.05, 4.69) is 5.32 Å². The Morgan fingerprint density at radius 3 is 2.26 bits per heavy atom. The highest BCUT2D eigenvalue weighted by Crippen LogP contribution is 2.29. The number of rotatable bonds is 7. The van der Waals surface area contributed by atoms with Crippen LogP contribution in [0.1, 0.15) is 24.5 Å². The molecule has 142 valence electrons. The molecule has 27 heavy (non-hydrogen) atoms. The Bertz CT molecular complexity index is 817. The maximum absolute atomic E-state index is 12.8. The number of nitrogens with one attached hydrogen (secondary N) is 1. The number of hydrogen-bond acceptors (Lipinski definition) is 4. The molecular formula is C21H24N2O4. The van der Waals surface area contributed by atoms with Gasteiger partial charge in [0.05, 0.1) is 13.7 Å². The van der Waals surface area contributed by atoms with Crippen LogP contribution >= 0.6 is 0 Å². The lowest BCUT2D eigenvalue weighted by Gasteiger charge is -2.22. The van der Waals surface area contributed by atoms with Crippen LogP contribution < -0.4 is 14.8 Å². The van der Waals surface area contributed by atoms with E-state index in [9.17, 15) is 9.59 Å². The summed E-state index contributed by atoms with van der Waals surface area (Å²) in [6.45, 7) is 4.44. The fourth-order valence-electron chi connectivity index (χ4n) is 3.07. The van der Waals surface area contributed by atoms with Crippen molar-refractivity contribution in [1.82, 2.24) is 10.2 Å². The molecule has 0 aliphatic carbocycles. The number of methoxy groups -OCH3 is 1. The number of ether oxygens (including phenoxy) is 2. The summed E-state index contributed by atoms with van der Waals surface area (Å²) in [5, 5.41) is 2.82. The van der Waals surface area contributed by atoms with Gasteiger partial charge in [0.2, 0.25) is 0 Å². The zero-order valence-electron chi connectivity index (χ0n) is 15.8. The van der Waals surface area contributed by atoms with Gasteiger partial charge in [0, 0.05) is 6.54 Å². The summed E-state index contributed by atoms with van der Waals surface area (Å²) in [7, 11) is 1.61. The number of imide groups is 1. The van der Waals surface area contributed by atoms with Gasteiger partial charge in [0.1, 0.15) is 17.0 Å². The van der Waals surface area contributed by atoms with Crippen LogP contribution in [0.2, 0.25) is 0 Å². The molecule has 0 bridgehead atoms. The third-order valence-electron chi connectivity index (χ3n) is 4.76. The fraction of sp³-hybridized carbons (Fsp3) is 0.333. The molecule has 0 saturated carbocycles. The summed E-state index contributed by atoms with van der Waals surface area (Å²) in [6.07, 6.45) is 0.551. The van der Waals surface area contributed by atoms with Crippen molar-refractivity contribution in [3.05, 3.63) is 59.7 Å². The van der Waals surface area contributed by atoms with Crippen LogP contribution in [0.15, 0.2) is 48.5 Å². The number of aryl methyl sites for hydroxylation is 1. The molecule has 0 aromatic heterocycles. The Balaban J connectivity index is 1.56. The minimum absolute atomic E-state index is 0.235. The molecule has 3 rings (SSSR count). The highest BCUT2D eigenvalue weighted by Gasteiger charge is 2.48. The molecule has 6 nitrogen and oxygen atoms in total. The Morgan fingerprint density at radius 2 is 1.63 bits per heavy atom. The van der Waals surface area contributed by atoms with Crippen molar-refractivity contribution < 1.29 is 19.1 Å². The Labute approximate surface area is 159 Å². The highest BCUT2D eigenvalue weighted by atomic mass is 16.5. The van der Waals surface area contributed by atoms with Crippen LogP contribution in [0.3, 0.4) is 0 Å². The summed E-state index contributed by atoms with van der Waals surface area (Å²) in [6, 6.07) is 14.5. The molecule has 3 amide bonds. The number of benzene rings is 2. The van der Waals surface area contributed by atoms with Gasteiger partial charge in [-0.1, -0.05) is 29.8 Å². The summed E-state index contributed by atoms with van der Waals surface area (Å²) in [5.41, 5.74) is 0.858. The van der Waals surface area contributed by atoms with Gasteiger partial charge in [-0.25, -0.2) is 4.79 Å². The van der Waals surface area contributed by atoms with E-state index in [1.54, 1.807) is 14.0 Å². The first-order chi connectivity index (χ1) is 12.9. The molecule has 1 aliphatic rings. The van der Waals surface area contributed by atoms with Crippen LogP contribution in [0.25, 0.3) is 0 Å². The Hall–Kier alpha value is -3.02. The Kier molecular flexibility index (Phi) is 5.35. The third kappa shape index (κ3) is 3.89. The quantitative estimate of drug-likeness (QED) is 0.602. The smallest absolute Gasteiger partial charge is 0.325 e. The van der Waals surface area contributed by atoms with Gasteiger partial charge in [-0.3, -0.25) is 9.69 Å². The summed E-state index contributed by atoms with van der Waals surface area (Å²) >= 11 is 0. The second-order valence-electron chi connectivity index (χ2n) is 6.76. The van der Waals surface area contributed by atoms with Crippen LogP contribution in [-0.2, 0) is 10.3 Å². The van der Waals surface area contributed by atoms with Crippen molar-refractivity contribution in [3.8, 4) is 11.5 Å². The zero-order chi connectivity index (χ0) is 19.4. The van der Waals surface area contributed by atoms with E-state index in [4.69, 9.17) is 9.47 Å². The third-order valence-corrected chi connectivity index (χ3v) is 4.76. The van der Waals surface area contributed by atoms with Gasteiger partial charge in [-0.2, -0.15) is 0 Å². The largest absolute Gasteiger partial charge is 0.497 e. The van der Waals surface area contributed by atoms with Gasteiger partial charge in [-0.05, 0) is 50.1 Å². The standard InChI is InChI=1S/C21H24N2O4/c1-15-5-7-16(8-6-15)21(2)19(24)23(20(25)22-21)13-4-14-27-18-11-9-17(26-3)10-12-18/h5-12H,4,13-14H2,1-3H3,(H,22,25)/t21-/m0/s1. The van der Waals surface area contributed by atoms with Crippen LogP contribution in [0.4, 0.5) is 4.79 Å². The summed E-state index contributed by atoms with van der Waals surface area (Å²) in [5.74, 6) is 1.25. The van der Waals surface area contributed by atoms with Crippen molar-refractivity contribution in [2.24, 2.45) is 0 Å². The molecule has 0 spiro atoms. The van der Waals surface area contributed by atoms with Gasteiger partial charge in [0.15, 0.2) is 0 Å². The minimum Gasteiger partial charge on any atom is -0.497 e. The summed E-state index contributed by atoms with van der Waals surface area (Å²) in [4.78, 5) is 26.4. The molecule has 0 unspecified atom stereocenters. The molecule has 2 aromatic rings. The van der Waals surface area contributed by atoms with Crippen molar-refractivity contribution in [2.45, 2.75) is 25.8 Å². The van der Waals surface area contributed by atoms with E-state index in [1.165, 1.54) is 4.90 Å². The number of amides is 3. The predicted octanol–water partition coefficient (Wildman–Crippen LogP) is 3.24. The van der Waals surface area contributed by atoms with E-state index in [0.29, 0.717) is 19.6 Å². The topological polar surface area (TPSA) is 67.9 Å². The van der Waals surface area contributed by atoms with Gasteiger partial charge >= 0.3 is 6.03 Å². The lowest BCUT2D eigenvalue weighted by atomic mass is 9.91. The minimum atomic E-state index is -1.03. The molecule has 1 N–H and O–H groups in total. The molecule has 1 atom stereocenters. The van der Waals surface area contributed by atoms with E-state index < -0.39 is 5.54 Å². The maximum Gasteiger partial charge on any atom is 0.325 e. The average molecular weight is 368 g/mol. The van der Waals surface area contributed by atoms with Crippen LogP contribution in [0.5, 0.6) is 11.5 Å². The van der Waals surface area contributed by atoms with Crippen LogP contribution in [-0.4, -0.2) is 37.1 Å². The monoisotopic (exact) mass is 368 g/mol. The lowest BCUT2D eigenvalue weighted by Crippen LogP contribution is -2.41. The number of carbonyl (C=O) groups excluding carboxylic acids is 2. The van der Waals surface area contributed by atoms with E-state index >= 15 is 0 Å². The molecular weight excluding hydrogens is 344 g/mol. The van der Waals surface area contributed by atoms with E-state index in [0.717, 1.165) is 22.6 Å². The normalized spacial score (nSPS) is 19.1. The number of nitrogens with zero attached hydrogens (tertiary/aromatic N) is 1. The number of carbonyl (C=O) groups is 2.